The molecule has 0 heterocycles. The predicted octanol–water partition coefficient (Wildman–Crippen LogP) is 8.19. The highest BCUT2D eigenvalue weighted by atomic mass is 16.6. The molecule has 0 fully saturated rings. The van der Waals surface area contributed by atoms with Crippen molar-refractivity contribution < 1.29 is 42.9 Å². The molecular weight excluding hydrogens is 588 g/mol. The maximum atomic E-state index is 13.0. The summed E-state index contributed by atoms with van der Waals surface area (Å²) < 4.78 is 28.2. The van der Waals surface area contributed by atoms with Gasteiger partial charge >= 0.3 is 17.9 Å². The number of ketones is 1. The van der Waals surface area contributed by atoms with Crippen molar-refractivity contribution in [2.75, 3.05) is 13.2 Å². The van der Waals surface area contributed by atoms with Crippen LogP contribution in [0.3, 0.4) is 0 Å². The molecule has 0 aliphatic rings. The van der Waals surface area contributed by atoms with Crippen LogP contribution < -0.4 is 9.47 Å². The van der Waals surface area contributed by atoms with E-state index in [0.717, 1.165) is 0 Å². The number of hydrogen-bond acceptors (Lipinski definition) is 9. The Morgan fingerprint density at radius 1 is 0.500 bits per heavy atom. The first-order valence-corrected chi connectivity index (χ1v) is 15.3. The van der Waals surface area contributed by atoms with E-state index in [-0.39, 0.29) is 46.9 Å². The second kappa shape index (κ2) is 15.0. The molecule has 2 aromatic rings. The summed E-state index contributed by atoms with van der Waals surface area (Å²) in [4.78, 5) is 51.4. The monoisotopic (exact) mass is 638 g/mol. The van der Waals surface area contributed by atoms with Crippen LogP contribution in [0.2, 0.25) is 0 Å². The van der Waals surface area contributed by atoms with Crippen LogP contribution in [0.25, 0.3) is 0 Å². The summed E-state index contributed by atoms with van der Waals surface area (Å²) in [6.07, 6.45) is 3.71. The topological polar surface area (TPSA) is 114 Å². The van der Waals surface area contributed by atoms with Crippen LogP contribution in [0.15, 0.2) is 48.6 Å². The second-order valence-electron chi connectivity index (χ2n) is 15.3. The van der Waals surface area contributed by atoms with E-state index in [9.17, 15) is 19.2 Å². The molecule has 9 nitrogen and oxygen atoms in total. The largest absolute Gasteiger partial charge is 0.489 e. The van der Waals surface area contributed by atoms with Gasteiger partial charge in [0.15, 0.2) is 5.78 Å². The van der Waals surface area contributed by atoms with Crippen molar-refractivity contribution in [2.24, 2.45) is 5.41 Å². The Labute approximate surface area is 273 Å². The average Bonchev–Trinajstić information content (AvgIpc) is 2.86. The van der Waals surface area contributed by atoms with Gasteiger partial charge in [0.2, 0.25) is 0 Å². The molecule has 0 aliphatic carbocycles. The predicted molar refractivity (Wildman–Crippen MR) is 177 cm³/mol. The second-order valence-corrected chi connectivity index (χ2v) is 15.3. The molecule has 2 rings (SSSR count). The van der Waals surface area contributed by atoms with E-state index >= 15 is 0 Å². The van der Waals surface area contributed by atoms with Crippen molar-refractivity contribution in [3.63, 3.8) is 0 Å². The van der Waals surface area contributed by atoms with Crippen LogP contribution in [-0.2, 0) is 14.2 Å². The molecule has 0 saturated carbocycles. The molecule has 0 aromatic heterocycles. The van der Waals surface area contributed by atoms with Crippen molar-refractivity contribution in [3.05, 3.63) is 70.8 Å². The minimum absolute atomic E-state index is 0.0994. The number of rotatable bonds is 11. The standard InChI is InChI=1S/C37H50O9/c1-34(2,3)23-30(38)24-17-25(31(39)44-35(4,5)6)20-28(19-24)42-15-13-14-16-43-29-21-26(32(40)45-36(7,8)9)18-27(22-29)33(41)46-37(10,11)12/h13-14,17-22H,15-16,23H2,1-12H3/b14-13-. The summed E-state index contributed by atoms with van der Waals surface area (Å²) in [5, 5.41) is 0. The Kier molecular flexibility index (Phi) is 12.4. The number of Topliss-reactive ketones (excluding diaryl/α,β-unsaturated/α-hetero) is 1. The molecule has 0 spiro atoms. The number of ether oxygens (including phenoxy) is 5. The van der Waals surface area contributed by atoms with Gasteiger partial charge in [-0.05, 0) is 116 Å². The fourth-order valence-electron chi connectivity index (χ4n) is 3.90. The van der Waals surface area contributed by atoms with E-state index in [1.54, 1.807) is 86.6 Å². The molecule has 2 aromatic carbocycles. The molecule has 0 bridgehead atoms. The normalized spacial score (nSPS) is 12.4. The maximum Gasteiger partial charge on any atom is 0.338 e. The van der Waals surface area contributed by atoms with E-state index in [1.165, 1.54) is 24.3 Å². The van der Waals surface area contributed by atoms with Gasteiger partial charge in [-0.2, -0.15) is 0 Å². The van der Waals surface area contributed by atoms with Crippen LogP contribution in [0.1, 0.15) is 131 Å². The summed E-state index contributed by atoms with van der Waals surface area (Å²) in [5.74, 6) is -1.22. The molecule has 9 heteroatoms. The molecule has 0 radical (unpaired) electrons. The minimum atomic E-state index is -0.726. The Balaban J connectivity index is 2.20. The summed E-state index contributed by atoms with van der Waals surface area (Å²) in [7, 11) is 0. The molecular formula is C37H50O9. The highest BCUT2D eigenvalue weighted by Gasteiger charge is 2.24. The maximum absolute atomic E-state index is 13.0. The van der Waals surface area contributed by atoms with Gasteiger partial charge in [0.05, 0.1) is 16.7 Å². The summed E-state index contributed by atoms with van der Waals surface area (Å²) in [6, 6.07) is 9.13. The zero-order valence-corrected chi connectivity index (χ0v) is 29.4. The third kappa shape index (κ3) is 14.3. The van der Waals surface area contributed by atoms with Gasteiger partial charge in [-0.15, -0.1) is 0 Å². The SMILES string of the molecule is CC(C)(C)CC(=O)c1cc(OC/C=C\COc2cc(C(=O)OC(C)(C)C)cc(C(=O)OC(C)(C)C)c2)cc(C(=O)OC(C)(C)C)c1. The highest BCUT2D eigenvalue weighted by molar-refractivity contribution is 6.00. The zero-order valence-electron chi connectivity index (χ0n) is 29.4. The number of carbonyl (C=O) groups excluding carboxylic acids is 4. The first kappa shape index (κ1) is 38.0. The van der Waals surface area contributed by atoms with Gasteiger partial charge in [0.1, 0.15) is 41.5 Å². The van der Waals surface area contributed by atoms with E-state index in [4.69, 9.17) is 23.7 Å². The molecule has 252 valence electrons. The lowest BCUT2D eigenvalue weighted by Gasteiger charge is -2.21. The molecule has 0 unspecified atom stereocenters. The van der Waals surface area contributed by atoms with Crippen molar-refractivity contribution in [1.82, 2.24) is 0 Å². The van der Waals surface area contributed by atoms with Crippen molar-refractivity contribution >= 4 is 23.7 Å². The number of carbonyl (C=O) groups is 4. The fourth-order valence-corrected chi connectivity index (χ4v) is 3.90. The first-order valence-electron chi connectivity index (χ1n) is 15.3. The quantitative estimate of drug-likeness (QED) is 0.104. The Hall–Kier alpha value is -4.14. The summed E-state index contributed by atoms with van der Waals surface area (Å²) in [6.45, 7) is 22.0. The number of hydrogen-bond donors (Lipinski definition) is 0. The summed E-state index contributed by atoms with van der Waals surface area (Å²) >= 11 is 0. The van der Waals surface area contributed by atoms with Crippen molar-refractivity contribution in [3.8, 4) is 11.5 Å². The molecule has 46 heavy (non-hydrogen) atoms. The number of benzene rings is 2. The molecule has 0 atom stereocenters. The van der Waals surface area contributed by atoms with Crippen LogP contribution in [0.5, 0.6) is 11.5 Å². The molecule has 0 amide bonds. The third-order valence-corrected chi connectivity index (χ3v) is 5.59. The lowest BCUT2D eigenvalue weighted by Crippen LogP contribution is -2.25. The Morgan fingerprint density at radius 2 is 0.804 bits per heavy atom. The van der Waals surface area contributed by atoms with Crippen molar-refractivity contribution in [1.29, 1.82) is 0 Å². The van der Waals surface area contributed by atoms with E-state index in [0.29, 0.717) is 17.7 Å². The Morgan fingerprint density at radius 3 is 1.11 bits per heavy atom. The number of esters is 3. The minimum Gasteiger partial charge on any atom is -0.489 e. The van der Waals surface area contributed by atoms with Crippen LogP contribution in [0.4, 0.5) is 0 Å². The summed E-state index contributed by atoms with van der Waals surface area (Å²) in [5.41, 5.74) is -1.49. The van der Waals surface area contributed by atoms with Gasteiger partial charge in [0, 0.05) is 12.0 Å². The van der Waals surface area contributed by atoms with Crippen LogP contribution >= 0.6 is 0 Å². The molecule has 0 N–H and O–H groups in total. The van der Waals surface area contributed by atoms with Crippen molar-refractivity contribution in [2.45, 2.75) is 106 Å². The lowest BCUT2D eigenvalue weighted by molar-refractivity contribution is 0.00522. The highest BCUT2D eigenvalue weighted by Crippen LogP contribution is 2.26. The van der Waals surface area contributed by atoms with E-state index in [2.05, 4.69) is 0 Å². The zero-order chi connectivity index (χ0) is 35.1. The van der Waals surface area contributed by atoms with Gasteiger partial charge in [-0.3, -0.25) is 4.79 Å². The van der Waals surface area contributed by atoms with Gasteiger partial charge in [-0.1, -0.05) is 20.8 Å². The fraction of sp³-hybridized carbons (Fsp3) is 0.514. The van der Waals surface area contributed by atoms with Crippen LogP contribution in [-0.4, -0.2) is 53.7 Å². The lowest BCUT2D eigenvalue weighted by atomic mass is 9.87. The smallest absolute Gasteiger partial charge is 0.338 e. The third-order valence-electron chi connectivity index (χ3n) is 5.59. The molecule has 0 aliphatic heterocycles. The van der Waals surface area contributed by atoms with Crippen LogP contribution in [0, 0.1) is 5.41 Å². The Bertz CT molecular complexity index is 1240. The average molecular weight is 639 g/mol. The van der Waals surface area contributed by atoms with Gasteiger partial charge in [0.25, 0.3) is 0 Å². The molecule has 0 saturated heterocycles. The van der Waals surface area contributed by atoms with Gasteiger partial charge in [-0.25, -0.2) is 14.4 Å². The van der Waals surface area contributed by atoms with E-state index in [1.807, 2.05) is 20.8 Å². The van der Waals surface area contributed by atoms with E-state index < -0.39 is 34.7 Å². The van der Waals surface area contributed by atoms with Gasteiger partial charge < -0.3 is 23.7 Å². The first-order chi connectivity index (χ1) is 20.9.